The summed E-state index contributed by atoms with van der Waals surface area (Å²) < 4.78 is 10.5. The molecule has 1 heterocycles. The molecule has 5 nitrogen and oxygen atoms in total. The van der Waals surface area contributed by atoms with Gasteiger partial charge in [0.25, 0.3) is 5.91 Å². The molecular weight excluding hydrogens is 268 g/mol. The third kappa shape index (κ3) is 3.47. The Morgan fingerprint density at radius 3 is 2.48 bits per heavy atom. The molecule has 0 saturated carbocycles. The summed E-state index contributed by atoms with van der Waals surface area (Å²) in [7, 11) is 3.17. The number of carbonyl (C=O) groups excluding carboxylic acids is 1. The molecule has 1 amide bonds. The molecule has 1 aliphatic heterocycles. The van der Waals surface area contributed by atoms with E-state index in [-0.39, 0.29) is 5.91 Å². The van der Waals surface area contributed by atoms with Crippen LogP contribution in [0.3, 0.4) is 0 Å². The lowest BCUT2D eigenvalue weighted by Gasteiger charge is -2.34. The van der Waals surface area contributed by atoms with Gasteiger partial charge in [-0.15, -0.1) is 0 Å². The van der Waals surface area contributed by atoms with Crippen molar-refractivity contribution in [2.24, 2.45) is 0 Å². The van der Waals surface area contributed by atoms with E-state index in [1.807, 2.05) is 11.8 Å². The van der Waals surface area contributed by atoms with Crippen LogP contribution in [0.1, 0.15) is 30.1 Å². The number of methoxy groups -OCH3 is 2. The molecule has 0 atom stereocenters. The van der Waals surface area contributed by atoms with Crippen molar-refractivity contribution >= 4 is 5.91 Å². The number of ether oxygens (including phenoxy) is 2. The van der Waals surface area contributed by atoms with Crippen LogP contribution >= 0.6 is 0 Å². The van der Waals surface area contributed by atoms with E-state index in [0.29, 0.717) is 23.1 Å². The number of piperidine rings is 1. The zero-order chi connectivity index (χ0) is 15.2. The van der Waals surface area contributed by atoms with Gasteiger partial charge in [0.1, 0.15) is 0 Å². The SMILES string of the molecule is CCN(C(=O)c1ccc(OC)c(OC)c1)C1CCNCC1. The van der Waals surface area contributed by atoms with E-state index >= 15 is 0 Å². The topological polar surface area (TPSA) is 50.8 Å². The molecule has 0 unspecified atom stereocenters. The molecule has 21 heavy (non-hydrogen) atoms. The van der Waals surface area contributed by atoms with Crippen molar-refractivity contribution in [3.8, 4) is 11.5 Å². The summed E-state index contributed by atoms with van der Waals surface area (Å²) in [6.07, 6.45) is 2.01. The molecule has 2 rings (SSSR count). The second kappa shape index (κ2) is 7.31. The maximum absolute atomic E-state index is 12.8. The number of nitrogens with zero attached hydrogens (tertiary/aromatic N) is 1. The minimum atomic E-state index is 0.0605. The van der Waals surface area contributed by atoms with Gasteiger partial charge >= 0.3 is 0 Å². The lowest BCUT2D eigenvalue weighted by molar-refractivity contribution is 0.0655. The lowest BCUT2D eigenvalue weighted by Crippen LogP contribution is -2.46. The number of hydrogen-bond acceptors (Lipinski definition) is 4. The van der Waals surface area contributed by atoms with Crippen LogP contribution in [0.5, 0.6) is 11.5 Å². The largest absolute Gasteiger partial charge is 0.493 e. The Bertz CT molecular complexity index is 484. The van der Waals surface area contributed by atoms with Crippen molar-refractivity contribution in [1.82, 2.24) is 10.2 Å². The van der Waals surface area contributed by atoms with E-state index in [1.165, 1.54) is 0 Å². The zero-order valence-electron chi connectivity index (χ0n) is 13.0. The Hall–Kier alpha value is -1.75. The number of rotatable bonds is 5. The van der Waals surface area contributed by atoms with Crippen LogP contribution in [0.15, 0.2) is 18.2 Å². The van der Waals surface area contributed by atoms with Gasteiger partial charge in [0.2, 0.25) is 0 Å². The highest BCUT2D eigenvalue weighted by Gasteiger charge is 2.25. The molecule has 1 fully saturated rings. The minimum Gasteiger partial charge on any atom is -0.493 e. The maximum Gasteiger partial charge on any atom is 0.254 e. The number of carbonyl (C=O) groups is 1. The van der Waals surface area contributed by atoms with E-state index in [9.17, 15) is 4.79 Å². The predicted octanol–water partition coefficient (Wildman–Crippen LogP) is 1.92. The van der Waals surface area contributed by atoms with E-state index in [4.69, 9.17) is 9.47 Å². The summed E-state index contributed by atoms with van der Waals surface area (Å²) in [5, 5.41) is 3.33. The van der Waals surface area contributed by atoms with Gasteiger partial charge in [0.05, 0.1) is 14.2 Å². The summed E-state index contributed by atoms with van der Waals surface area (Å²) in [4.78, 5) is 14.7. The average Bonchev–Trinajstić information content (AvgIpc) is 2.55. The van der Waals surface area contributed by atoms with Gasteiger partial charge in [-0.1, -0.05) is 0 Å². The minimum absolute atomic E-state index is 0.0605. The molecule has 0 bridgehead atoms. The Morgan fingerprint density at radius 2 is 1.90 bits per heavy atom. The molecule has 0 aromatic heterocycles. The highest BCUT2D eigenvalue weighted by Crippen LogP contribution is 2.28. The number of amides is 1. The van der Waals surface area contributed by atoms with Crippen LogP contribution in [0.4, 0.5) is 0 Å². The first-order chi connectivity index (χ1) is 10.2. The van der Waals surface area contributed by atoms with Crippen LogP contribution in [0.2, 0.25) is 0 Å². The summed E-state index contributed by atoms with van der Waals surface area (Å²) in [5.41, 5.74) is 0.646. The fraction of sp³-hybridized carbons (Fsp3) is 0.562. The Balaban J connectivity index is 2.20. The van der Waals surface area contributed by atoms with Crippen molar-refractivity contribution in [3.05, 3.63) is 23.8 Å². The number of hydrogen-bond donors (Lipinski definition) is 1. The van der Waals surface area contributed by atoms with Gasteiger partial charge in [0.15, 0.2) is 11.5 Å². The third-order valence-electron chi connectivity index (χ3n) is 3.98. The van der Waals surface area contributed by atoms with Crippen LogP contribution < -0.4 is 14.8 Å². The summed E-state index contributed by atoms with van der Waals surface area (Å²) in [5.74, 6) is 1.29. The maximum atomic E-state index is 12.8. The van der Waals surface area contributed by atoms with E-state index in [2.05, 4.69) is 5.32 Å². The molecular formula is C16H24N2O3. The number of nitrogens with one attached hydrogen (secondary N) is 1. The molecule has 1 saturated heterocycles. The highest BCUT2D eigenvalue weighted by atomic mass is 16.5. The summed E-state index contributed by atoms with van der Waals surface area (Å²) in [6.45, 7) is 4.69. The molecule has 1 aromatic carbocycles. The summed E-state index contributed by atoms with van der Waals surface area (Å²) in [6, 6.07) is 5.65. The molecule has 1 aliphatic rings. The second-order valence-corrected chi connectivity index (χ2v) is 5.14. The van der Waals surface area contributed by atoms with Crippen LogP contribution in [0, 0.1) is 0 Å². The van der Waals surface area contributed by atoms with Crippen LogP contribution in [-0.2, 0) is 0 Å². The fourth-order valence-electron chi connectivity index (χ4n) is 2.82. The Labute approximate surface area is 126 Å². The second-order valence-electron chi connectivity index (χ2n) is 5.14. The Morgan fingerprint density at radius 1 is 1.24 bits per heavy atom. The third-order valence-corrected chi connectivity index (χ3v) is 3.98. The molecule has 1 N–H and O–H groups in total. The van der Waals surface area contributed by atoms with Crippen molar-refractivity contribution in [2.75, 3.05) is 33.9 Å². The molecule has 1 aromatic rings. The first-order valence-electron chi connectivity index (χ1n) is 7.45. The monoisotopic (exact) mass is 292 g/mol. The first-order valence-corrected chi connectivity index (χ1v) is 7.45. The van der Waals surface area contributed by atoms with E-state index < -0.39 is 0 Å². The van der Waals surface area contributed by atoms with Crippen LogP contribution in [-0.4, -0.2) is 50.7 Å². The van der Waals surface area contributed by atoms with Gasteiger partial charge in [-0.3, -0.25) is 4.79 Å². The van der Waals surface area contributed by atoms with Crippen molar-refractivity contribution in [1.29, 1.82) is 0 Å². The molecule has 0 aliphatic carbocycles. The smallest absolute Gasteiger partial charge is 0.254 e. The first kappa shape index (κ1) is 15.6. The van der Waals surface area contributed by atoms with Crippen LogP contribution in [0.25, 0.3) is 0 Å². The fourth-order valence-corrected chi connectivity index (χ4v) is 2.82. The quantitative estimate of drug-likeness (QED) is 0.901. The van der Waals surface area contributed by atoms with Gasteiger partial charge in [-0.2, -0.15) is 0 Å². The predicted molar refractivity (Wildman–Crippen MR) is 82.1 cm³/mol. The van der Waals surface area contributed by atoms with Gasteiger partial charge in [-0.25, -0.2) is 0 Å². The molecule has 116 valence electrons. The Kier molecular flexibility index (Phi) is 5.44. The van der Waals surface area contributed by atoms with E-state index in [0.717, 1.165) is 32.5 Å². The highest BCUT2D eigenvalue weighted by molar-refractivity contribution is 5.95. The lowest BCUT2D eigenvalue weighted by atomic mass is 10.0. The molecule has 5 heteroatoms. The van der Waals surface area contributed by atoms with Crippen molar-refractivity contribution < 1.29 is 14.3 Å². The van der Waals surface area contributed by atoms with Crippen molar-refractivity contribution in [2.45, 2.75) is 25.8 Å². The normalized spacial score (nSPS) is 15.6. The van der Waals surface area contributed by atoms with Gasteiger partial charge in [0, 0.05) is 18.2 Å². The van der Waals surface area contributed by atoms with Gasteiger partial charge < -0.3 is 19.7 Å². The van der Waals surface area contributed by atoms with E-state index in [1.54, 1.807) is 32.4 Å². The molecule has 0 radical (unpaired) electrons. The van der Waals surface area contributed by atoms with Gasteiger partial charge in [-0.05, 0) is 51.1 Å². The number of benzene rings is 1. The molecule has 0 spiro atoms. The van der Waals surface area contributed by atoms with Crippen molar-refractivity contribution in [3.63, 3.8) is 0 Å². The average molecular weight is 292 g/mol. The summed E-state index contributed by atoms with van der Waals surface area (Å²) >= 11 is 0. The zero-order valence-corrected chi connectivity index (χ0v) is 13.0. The standard InChI is InChI=1S/C16H24N2O3/c1-4-18(13-7-9-17-10-8-13)16(19)12-5-6-14(20-2)15(11-12)21-3/h5-6,11,13,17H,4,7-10H2,1-3H3.